The Morgan fingerprint density at radius 1 is 1.18 bits per heavy atom. The molecule has 2 heterocycles. The van der Waals surface area contributed by atoms with Crippen LogP contribution in [0.3, 0.4) is 0 Å². The molecule has 3 rings (SSSR count). The van der Waals surface area contributed by atoms with Crippen molar-refractivity contribution >= 4 is 35.6 Å². The molecule has 1 aromatic carbocycles. The van der Waals surface area contributed by atoms with Crippen molar-refractivity contribution in [3.8, 4) is 0 Å². The number of rotatable bonds is 3. The molecule has 3 nitrogen and oxygen atoms in total. The van der Waals surface area contributed by atoms with Gasteiger partial charge in [0, 0.05) is 44.6 Å². The van der Waals surface area contributed by atoms with Crippen molar-refractivity contribution in [2.45, 2.75) is 12.6 Å². The van der Waals surface area contributed by atoms with Gasteiger partial charge in [-0.3, -0.25) is 9.88 Å². The van der Waals surface area contributed by atoms with Gasteiger partial charge in [-0.2, -0.15) is 0 Å². The maximum atomic E-state index is 6.32. The summed E-state index contributed by atoms with van der Waals surface area (Å²) in [5.74, 6) is 0. The van der Waals surface area contributed by atoms with Crippen LogP contribution in [0.25, 0.3) is 0 Å². The zero-order chi connectivity index (χ0) is 14.7. The summed E-state index contributed by atoms with van der Waals surface area (Å²) < 4.78 is 0. The Kier molecular flexibility index (Phi) is 6.48. The molecule has 0 bridgehead atoms. The molecular weight excluding hydrogens is 341 g/mol. The van der Waals surface area contributed by atoms with E-state index in [-0.39, 0.29) is 12.4 Å². The van der Waals surface area contributed by atoms with E-state index in [1.54, 1.807) is 0 Å². The predicted octanol–water partition coefficient (Wildman–Crippen LogP) is 3.96. The van der Waals surface area contributed by atoms with Gasteiger partial charge in [0.1, 0.15) is 0 Å². The van der Waals surface area contributed by atoms with Crippen LogP contribution < -0.4 is 5.32 Å². The van der Waals surface area contributed by atoms with E-state index in [1.165, 1.54) is 5.56 Å². The van der Waals surface area contributed by atoms with E-state index in [9.17, 15) is 0 Å². The Balaban J connectivity index is 0.00000176. The smallest absolute Gasteiger partial charge is 0.0637 e. The van der Waals surface area contributed by atoms with Gasteiger partial charge in [-0.15, -0.1) is 12.4 Å². The molecule has 1 fully saturated rings. The summed E-state index contributed by atoms with van der Waals surface area (Å²) in [5, 5.41) is 4.73. The third kappa shape index (κ3) is 3.92. The molecule has 1 aromatic heterocycles. The van der Waals surface area contributed by atoms with Crippen LogP contribution in [-0.4, -0.2) is 29.5 Å². The molecule has 1 saturated heterocycles. The first kappa shape index (κ1) is 17.5. The molecule has 1 unspecified atom stereocenters. The second-order valence-corrected chi connectivity index (χ2v) is 5.97. The van der Waals surface area contributed by atoms with E-state index in [0.717, 1.165) is 31.7 Å². The first-order valence-electron chi connectivity index (χ1n) is 7.03. The third-order valence-corrected chi connectivity index (χ3v) is 4.71. The minimum absolute atomic E-state index is 0. The summed E-state index contributed by atoms with van der Waals surface area (Å²) in [6, 6.07) is 10.3. The molecule has 0 radical (unpaired) electrons. The van der Waals surface area contributed by atoms with Gasteiger partial charge in [0.2, 0.25) is 0 Å². The molecule has 22 heavy (non-hydrogen) atoms. The second kappa shape index (κ2) is 8.14. The Bertz CT molecular complexity index is 607. The molecule has 0 spiro atoms. The molecule has 0 aliphatic carbocycles. The molecular formula is C16H18Cl3N3. The van der Waals surface area contributed by atoms with Crippen molar-refractivity contribution in [2.75, 3.05) is 19.6 Å². The fraction of sp³-hybridized carbons (Fsp3) is 0.312. The van der Waals surface area contributed by atoms with E-state index < -0.39 is 0 Å². The molecule has 118 valence electrons. The summed E-state index contributed by atoms with van der Waals surface area (Å²) in [6.45, 7) is 3.70. The van der Waals surface area contributed by atoms with Gasteiger partial charge >= 0.3 is 0 Å². The number of hydrogen-bond acceptors (Lipinski definition) is 3. The first-order valence-corrected chi connectivity index (χ1v) is 7.79. The van der Waals surface area contributed by atoms with E-state index in [4.69, 9.17) is 23.2 Å². The van der Waals surface area contributed by atoms with E-state index in [1.807, 2.05) is 30.6 Å². The number of aromatic nitrogens is 1. The zero-order valence-corrected chi connectivity index (χ0v) is 14.3. The van der Waals surface area contributed by atoms with Crippen molar-refractivity contribution < 1.29 is 0 Å². The summed E-state index contributed by atoms with van der Waals surface area (Å²) in [4.78, 5) is 6.53. The highest BCUT2D eigenvalue weighted by atomic mass is 35.5. The highest BCUT2D eigenvalue weighted by molar-refractivity contribution is 6.42. The molecule has 0 saturated carbocycles. The van der Waals surface area contributed by atoms with Gasteiger partial charge in [0.15, 0.2) is 0 Å². The van der Waals surface area contributed by atoms with Crippen LogP contribution in [0.4, 0.5) is 0 Å². The lowest BCUT2D eigenvalue weighted by atomic mass is 10.0. The molecule has 1 atom stereocenters. The number of piperazine rings is 1. The molecule has 1 aliphatic heterocycles. The van der Waals surface area contributed by atoms with Gasteiger partial charge in [0.25, 0.3) is 0 Å². The Hall–Kier alpha value is -0.840. The molecule has 0 amide bonds. The number of benzene rings is 1. The largest absolute Gasteiger partial charge is 0.314 e. The van der Waals surface area contributed by atoms with Crippen LogP contribution in [0.15, 0.2) is 42.7 Å². The van der Waals surface area contributed by atoms with E-state index >= 15 is 0 Å². The number of hydrogen-bond donors (Lipinski definition) is 1. The fourth-order valence-electron chi connectivity index (χ4n) is 2.74. The maximum absolute atomic E-state index is 6.32. The molecule has 1 N–H and O–H groups in total. The lowest BCUT2D eigenvalue weighted by Gasteiger charge is -2.36. The quantitative estimate of drug-likeness (QED) is 0.900. The van der Waals surface area contributed by atoms with Gasteiger partial charge in [0.05, 0.1) is 10.0 Å². The number of pyridine rings is 1. The van der Waals surface area contributed by atoms with Crippen LogP contribution in [-0.2, 0) is 6.54 Å². The first-order chi connectivity index (χ1) is 10.3. The normalized spacial score (nSPS) is 18.7. The minimum Gasteiger partial charge on any atom is -0.314 e. The molecule has 6 heteroatoms. The van der Waals surface area contributed by atoms with Crippen molar-refractivity contribution in [1.29, 1.82) is 0 Å². The van der Waals surface area contributed by atoms with Crippen molar-refractivity contribution in [3.63, 3.8) is 0 Å². The summed E-state index contributed by atoms with van der Waals surface area (Å²) in [6.07, 6.45) is 3.68. The average molecular weight is 359 g/mol. The van der Waals surface area contributed by atoms with Crippen molar-refractivity contribution in [1.82, 2.24) is 15.2 Å². The summed E-state index contributed by atoms with van der Waals surface area (Å²) >= 11 is 12.4. The van der Waals surface area contributed by atoms with Gasteiger partial charge in [-0.05, 0) is 29.3 Å². The zero-order valence-electron chi connectivity index (χ0n) is 12.0. The lowest BCUT2D eigenvalue weighted by molar-refractivity contribution is 0.153. The van der Waals surface area contributed by atoms with Crippen LogP contribution in [0, 0.1) is 0 Å². The predicted molar refractivity (Wildman–Crippen MR) is 94.0 cm³/mol. The van der Waals surface area contributed by atoms with E-state index in [2.05, 4.69) is 27.3 Å². The lowest BCUT2D eigenvalue weighted by Crippen LogP contribution is -2.45. The summed E-state index contributed by atoms with van der Waals surface area (Å²) in [5.41, 5.74) is 2.35. The Morgan fingerprint density at radius 3 is 2.73 bits per heavy atom. The van der Waals surface area contributed by atoms with Crippen LogP contribution in [0.5, 0.6) is 0 Å². The highest BCUT2D eigenvalue weighted by Gasteiger charge is 2.24. The Labute approximate surface area is 147 Å². The molecule has 1 aliphatic rings. The number of nitrogens with zero attached hydrogens (tertiary/aromatic N) is 2. The highest BCUT2D eigenvalue weighted by Crippen LogP contribution is 2.29. The monoisotopic (exact) mass is 357 g/mol. The SMILES string of the molecule is Cl.Clc1cccc(CN2CCNCC2c2ccncc2)c1Cl. The van der Waals surface area contributed by atoms with Crippen molar-refractivity contribution in [3.05, 3.63) is 63.9 Å². The van der Waals surface area contributed by atoms with Gasteiger partial charge in [-0.1, -0.05) is 35.3 Å². The Morgan fingerprint density at radius 2 is 1.95 bits per heavy atom. The fourth-order valence-corrected chi connectivity index (χ4v) is 3.12. The van der Waals surface area contributed by atoms with Gasteiger partial charge in [-0.25, -0.2) is 0 Å². The number of nitrogens with one attached hydrogen (secondary N) is 1. The summed E-state index contributed by atoms with van der Waals surface area (Å²) in [7, 11) is 0. The van der Waals surface area contributed by atoms with Crippen LogP contribution in [0.2, 0.25) is 10.0 Å². The molecule has 2 aromatic rings. The average Bonchev–Trinajstić information content (AvgIpc) is 2.53. The second-order valence-electron chi connectivity index (χ2n) is 5.18. The third-order valence-electron chi connectivity index (χ3n) is 3.85. The van der Waals surface area contributed by atoms with Crippen LogP contribution >= 0.6 is 35.6 Å². The van der Waals surface area contributed by atoms with E-state index in [0.29, 0.717) is 16.1 Å². The van der Waals surface area contributed by atoms with Crippen LogP contribution in [0.1, 0.15) is 17.2 Å². The van der Waals surface area contributed by atoms with Gasteiger partial charge < -0.3 is 5.32 Å². The maximum Gasteiger partial charge on any atom is 0.0637 e. The van der Waals surface area contributed by atoms with Crippen molar-refractivity contribution in [2.24, 2.45) is 0 Å². The standard InChI is InChI=1S/C16H17Cl2N3.ClH/c17-14-3-1-2-13(16(14)18)11-21-9-8-20-10-15(21)12-4-6-19-7-5-12;/h1-7,15,20H,8-11H2;1H. The number of halogens is 3. The topological polar surface area (TPSA) is 28.2 Å². The minimum atomic E-state index is 0.